The van der Waals surface area contributed by atoms with Crippen LogP contribution in [0, 0.1) is 0 Å². The molecule has 4 rings (SSSR count). The number of aromatic nitrogens is 2. The van der Waals surface area contributed by atoms with Gasteiger partial charge in [-0.15, -0.1) is 0 Å². The topological polar surface area (TPSA) is 88.9 Å². The van der Waals surface area contributed by atoms with Crippen molar-refractivity contribution in [3.05, 3.63) is 93.6 Å². The number of methoxy groups -OCH3 is 2. The molecule has 0 spiro atoms. The molecule has 4 aromatic rings. The monoisotopic (exact) mass is 554 g/mol. The fourth-order valence-electron chi connectivity index (χ4n) is 3.81. The maximum atomic E-state index is 13.0. The number of rotatable bonds is 9. The van der Waals surface area contributed by atoms with E-state index in [1.807, 2.05) is 31.2 Å². The molecule has 0 amide bonds. The second kappa shape index (κ2) is 12.0. The molecule has 0 saturated heterocycles. The summed E-state index contributed by atoms with van der Waals surface area (Å²) in [6.45, 7) is 2.34. The Balaban J connectivity index is 1.88. The Hall–Kier alpha value is -4.01. The Labute approximate surface area is 229 Å². The van der Waals surface area contributed by atoms with Gasteiger partial charge in [0.15, 0.2) is 17.2 Å². The average molecular weight is 555 g/mol. The summed E-state index contributed by atoms with van der Waals surface area (Å²) in [6.07, 6.45) is 0. The molecule has 0 aliphatic heterocycles. The van der Waals surface area contributed by atoms with Crippen molar-refractivity contribution in [3.63, 3.8) is 0 Å². The molecule has 0 bridgehead atoms. The highest BCUT2D eigenvalue weighted by Gasteiger charge is 2.32. The van der Waals surface area contributed by atoms with Crippen molar-refractivity contribution in [2.75, 3.05) is 20.8 Å². The third kappa shape index (κ3) is 5.46. The molecule has 0 aliphatic carbocycles. The Morgan fingerprint density at radius 3 is 2.16 bits per heavy atom. The number of carbonyl (C=O) groups is 2. The van der Waals surface area contributed by atoms with E-state index < -0.39 is 11.9 Å². The van der Waals surface area contributed by atoms with Gasteiger partial charge >= 0.3 is 11.9 Å². The summed E-state index contributed by atoms with van der Waals surface area (Å²) in [7, 11) is 2.43. The van der Waals surface area contributed by atoms with Crippen LogP contribution in [0.15, 0.2) is 66.7 Å². The largest absolute Gasteiger partial charge is 0.490 e. The number of halogens is 2. The molecular weight excluding hydrogens is 531 g/mol. The first-order valence-electron chi connectivity index (χ1n) is 11.6. The van der Waals surface area contributed by atoms with Crippen molar-refractivity contribution in [3.8, 4) is 28.4 Å². The first-order chi connectivity index (χ1) is 18.4. The zero-order chi connectivity index (χ0) is 27.2. The summed E-state index contributed by atoms with van der Waals surface area (Å²) in [6, 6.07) is 19.4. The average Bonchev–Trinajstić information content (AvgIpc) is 3.34. The lowest BCUT2D eigenvalue weighted by Crippen LogP contribution is -2.15. The number of hydrogen-bond acceptors (Lipinski definition) is 7. The maximum absolute atomic E-state index is 13.0. The van der Waals surface area contributed by atoms with Gasteiger partial charge in [-0.05, 0) is 31.2 Å². The van der Waals surface area contributed by atoms with Crippen LogP contribution in [0.3, 0.4) is 0 Å². The van der Waals surface area contributed by atoms with E-state index in [0.717, 1.165) is 5.56 Å². The van der Waals surface area contributed by atoms with Crippen LogP contribution in [-0.4, -0.2) is 42.5 Å². The fourth-order valence-corrected chi connectivity index (χ4v) is 4.25. The molecular formula is C28H24Cl2N2O6. The van der Waals surface area contributed by atoms with Gasteiger partial charge < -0.3 is 18.9 Å². The summed E-state index contributed by atoms with van der Waals surface area (Å²) in [5.41, 5.74) is 1.57. The molecule has 0 saturated carbocycles. The van der Waals surface area contributed by atoms with Gasteiger partial charge in [0.25, 0.3) is 0 Å². The van der Waals surface area contributed by atoms with Gasteiger partial charge in [-0.1, -0.05) is 59.6 Å². The van der Waals surface area contributed by atoms with Crippen LogP contribution in [0.5, 0.6) is 11.5 Å². The van der Waals surface area contributed by atoms with E-state index in [2.05, 4.69) is 5.10 Å². The zero-order valence-corrected chi connectivity index (χ0v) is 22.4. The molecule has 0 atom stereocenters. The summed E-state index contributed by atoms with van der Waals surface area (Å²) < 4.78 is 23.1. The molecule has 196 valence electrons. The van der Waals surface area contributed by atoms with E-state index in [-0.39, 0.29) is 28.6 Å². The Bertz CT molecular complexity index is 1470. The molecule has 10 heteroatoms. The van der Waals surface area contributed by atoms with Crippen molar-refractivity contribution in [1.29, 1.82) is 0 Å². The van der Waals surface area contributed by atoms with Gasteiger partial charge in [-0.2, -0.15) is 5.10 Å². The van der Waals surface area contributed by atoms with Crippen molar-refractivity contribution >= 4 is 35.1 Å². The van der Waals surface area contributed by atoms with Gasteiger partial charge in [0, 0.05) is 22.2 Å². The van der Waals surface area contributed by atoms with E-state index in [1.54, 1.807) is 42.5 Å². The molecule has 8 nitrogen and oxygen atoms in total. The molecule has 0 radical (unpaired) electrons. The Morgan fingerprint density at radius 1 is 0.842 bits per heavy atom. The number of nitrogens with zero attached hydrogens (tertiary/aromatic N) is 2. The summed E-state index contributed by atoms with van der Waals surface area (Å²) in [5, 5.41) is 5.38. The molecule has 3 aromatic carbocycles. The molecule has 0 fully saturated rings. The van der Waals surface area contributed by atoms with Crippen molar-refractivity contribution in [2.24, 2.45) is 0 Å². The van der Waals surface area contributed by atoms with Crippen LogP contribution < -0.4 is 9.47 Å². The van der Waals surface area contributed by atoms with Crippen LogP contribution in [0.25, 0.3) is 16.9 Å². The summed E-state index contributed by atoms with van der Waals surface area (Å²) in [4.78, 5) is 25.8. The van der Waals surface area contributed by atoms with Gasteiger partial charge in [0.1, 0.15) is 17.9 Å². The van der Waals surface area contributed by atoms with Gasteiger partial charge in [0.05, 0.1) is 31.5 Å². The summed E-state index contributed by atoms with van der Waals surface area (Å²) in [5.74, 6) is -0.816. The van der Waals surface area contributed by atoms with E-state index in [0.29, 0.717) is 34.4 Å². The third-order valence-electron chi connectivity index (χ3n) is 5.58. The minimum absolute atomic E-state index is 0.0997. The van der Waals surface area contributed by atoms with Gasteiger partial charge in [-0.25, -0.2) is 14.3 Å². The molecule has 38 heavy (non-hydrogen) atoms. The number of para-hydroxylation sites is 1. The second-order valence-electron chi connectivity index (χ2n) is 7.89. The number of esters is 2. The van der Waals surface area contributed by atoms with E-state index in [4.69, 9.17) is 42.1 Å². The second-order valence-corrected chi connectivity index (χ2v) is 8.71. The highest BCUT2D eigenvalue weighted by molar-refractivity contribution is 6.34. The van der Waals surface area contributed by atoms with Crippen molar-refractivity contribution in [1.82, 2.24) is 9.78 Å². The quantitative estimate of drug-likeness (QED) is 0.221. The number of hydrogen-bond donors (Lipinski definition) is 0. The number of carbonyl (C=O) groups excluding carboxylic acids is 2. The minimum Gasteiger partial charge on any atom is -0.490 e. The zero-order valence-electron chi connectivity index (χ0n) is 20.9. The predicted octanol–water partition coefficient (Wildman–Crippen LogP) is 6.40. The highest BCUT2D eigenvalue weighted by Crippen LogP contribution is 2.41. The molecule has 0 N–H and O–H groups in total. The lowest BCUT2D eigenvalue weighted by molar-refractivity contribution is 0.0549. The van der Waals surface area contributed by atoms with E-state index in [9.17, 15) is 9.59 Å². The molecule has 1 heterocycles. The van der Waals surface area contributed by atoms with Gasteiger partial charge in [0.2, 0.25) is 0 Å². The van der Waals surface area contributed by atoms with Crippen LogP contribution in [0.2, 0.25) is 10.0 Å². The molecule has 0 aliphatic rings. The lowest BCUT2D eigenvalue weighted by atomic mass is 10.0. The fraction of sp³-hybridized carbons (Fsp3) is 0.179. The smallest absolute Gasteiger partial charge is 0.357 e. The van der Waals surface area contributed by atoms with Crippen LogP contribution in [0.1, 0.15) is 33.3 Å². The SMILES string of the molecule is CCOc1cc(-c2nn(-c3ccccc3)c(C(=O)OC)c2C(=O)OC)c(Cl)cc1OCc1ccccc1Cl. The normalized spacial score (nSPS) is 10.7. The maximum Gasteiger partial charge on any atom is 0.357 e. The van der Waals surface area contributed by atoms with E-state index >= 15 is 0 Å². The van der Waals surface area contributed by atoms with Crippen LogP contribution in [0.4, 0.5) is 0 Å². The van der Waals surface area contributed by atoms with Crippen molar-refractivity contribution < 1.29 is 28.5 Å². The van der Waals surface area contributed by atoms with E-state index in [1.165, 1.54) is 18.9 Å². The molecule has 1 aromatic heterocycles. The first-order valence-corrected chi connectivity index (χ1v) is 12.3. The third-order valence-corrected chi connectivity index (χ3v) is 6.27. The van der Waals surface area contributed by atoms with Crippen LogP contribution in [-0.2, 0) is 16.1 Å². The first kappa shape index (κ1) is 27.0. The lowest BCUT2D eigenvalue weighted by Gasteiger charge is -2.15. The number of benzene rings is 3. The highest BCUT2D eigenvalue weighted by atomic mass is 35.5. The standard InChI is InChI=1S/C28H24Cl2N2O6/c1-4-37-22-14-19(21(30)15-23(22)38-16-17-10-8-9-13-20(17)29)25-24(27(33)35-2)26(28(34)36-3)32(31-25)18-11-6-5-7-12-18/h5-15H,4,16H2,1-3H3. The Morgan fingerprint density at radius 2 is 1.50 bits per heavy atom. The van der Waals surface area contributed by atoms with Crippen LogP contribution >= 0.6 is 23.2 Å². The Kier molecular flexibility index (Phi) is 8.55. The predicted molar refractivity (Wildman–Crippen MR) is 144 cm³/mol. The van der Waals surface area contributed by atoms with Gasteiger partial charge in [-0.3, -0.25) is 0 Å². The number of ether oxygens (including phenoxy) is 4. The van der Waals surface area contributed by atoms with Crippen molar-refractivity contribution in [2.45, 2.75) is 13.5 Å². The summed E-state index contributed by atoms with van der Waals surface area (Å²) >= 11 is 13.0. The minimum atomic E-state index is -0.782. The molecule has 0 unspecified atom stereocenters.